The maximum absolute atomic E-state index is 12.0. The first kappa shape index (κ1) is 12.8. The third-order valence-corrected chi connectivity index (χ3v) is 2.10. The van der Waals surface area contributed by atoms with Gasteiger partial charge in [-0.1, -0.05) is 34.6 Å². The van der Waals surface area contributed by atoms with E-state index in [9.17, 15) is 8.96 Å². The minimum atomic E-state index is -0.720. The highest BCUT2D eigenvalue weighted by molar-refractivity contribution is 4.73. The number of hydrogen-bond acceptors (Lipinski definition) is 1. The number of hydrogen-bond donors (Lipinski definition) is 0. The molecular formula is C10H21F2N. The van der Waals surface area contributed by atoms with Gasteiger partial charge >= 0.3 is 0 Å². The van der Waals surface area contributed by atoms with Crippen molar-refractivity contribution in [3.8, 4) is 0 Å². The lowest BCUT2D eigenvalue weighted by atomic mass is 9.80. The first-order valence-electron chi connectivity index (χ1n) is 4.71. The predicted molar refractivity (Wildman–Crippen MR) is 51.4 cm³/mol. The second kappa shape index (κ2) is 4.36. The summed E-state index contributed by atoms with van der Waals surface area (Å²) >= 11 is 0. The highest BCUT2D eigenvalue weighted by Gasteiger charge is 2.24. The van der Waals surface area contributed by atoms with Crippen molar-refractivity contribution < 1.29 is 8.96 Å². The zero-order valence-electron chi connectivity index (χ0n) is 9.32. The molecule has 3 heteroatoms. The first-order chi connectivity index (χ1) is 5.62. The third-order valence-electron chi connectivity index (χ3n) is 2.10. The SMILES string of the molecule is CC(C)(C)CCC(C)(C)CN(F)F. The Bertz CT molecular complexity index is 147. The van der Waals surface area contributed by atoms with Gasteiger partial charge in [0.1, 0.15) is 0 Å². The summed E-state index contributed by atoms with van der Waals surface area (Å²) in [6.45, 7) is 10.0. The van der Waals surface area contributed by atoms with Gasteiger partial charge in [-0.05, 0) is 23.7 Å². The first-order valence-corrected chi connectivity index (χ1v) is 4.71. The number of rotatable bonds is 4. The van der Waals surface area contributed by atoms with Crippen molar-refractivity contribution in [2.45, 2.75) is 47.5 Å². The number of nitrogens with zero attached hydrogens (tertiary/aromatic N) is 1. The predicted octanol–water partition coefficient (Wildman–Crippen LogP) is 3.91. The molecule has 0 saturated heterocycles. The standard InChI is InChI=1S/C10H21F2N/c1-9(2,3)6-7-10(4,5)8-13(11)12/h6-8H2,1-5H3. The van der Waals surface area contributed by atoms with E-state index in [0.717, 1.165) is 12.8 Å². The minimum absolute atomic E-state index is 0.150. The third kappa shape index (κ3) is 8.16. The fourth-order valence-corrected chi connectivity index (χ4v) is 1.12. The van der Waals surface area contributed by atoms with E-state index >= 15 is 0 Å². The Morgan fingerprint density at radius 1 is 0.923 bits per heavy atom. The minimum Gasteiger partial charge on any atom is -0.102 e. The molecule has 0 radical (unpaired) electrons. The Morgan fingerprint density at radius 2 is 1.38 bits per heavy atom. The van der Waals surface area contributed by atoms with Crippen molar-refractivity contribution in [1.29, 1.82) is 0 Å². The lowest BCUT2D eigenvalue weighted by Gasteiger charge is -2.28. The van der Waals surface area contributed by atoms with Crippen LogP contribution in [0.15, 0.2) is 0 Å². The zero-order valence-corrected chi connectivity index (χ0v) is 9.32. The monoisotopic (exact) mass is 193 g/mol. The summed E-state index contributed by atoms with van der Waals surface area (Å²) in [7, 11) is 0. The van der Waals surface area contributed by atoms with Crippen LogP contribution in [0.5, 0.6) is 0 Å². The summed E-state index contributed by atoms with van der Waals surface area (Å²) in [5.74, 6) is 0. The van der Waals surface area contributed by atoms with Gasteiger partial charge in [-0.3, -0.25) is 0 Å². The van der Waals surface area contributed by atoms with Gasteiger partial charge in [0.25, 0.3) is 0 Å². The Morgan fingerprint density at radius 3 is 1.69 bits per heavy atom. The highest BCUT2D eigenvalue weighted by atomic mass is 19.4. The van der Waals surface area contributed by atoms with Gasteiger partial charge < -0.3 is 0 Å². The molecule has 13 heavy (non-hydrogen) atoms. The molecule has 0 amide bonds. The van der Waals surface area contributed by atoms with Gasteiger partial charge in [-0.2, -0.15) is 0 Å². The molecule has 0 unspecified atom stereocenters. The summed E-state index contributed by atoms with van der Waals surface area (Å²) in [5, 5.41) is -0.720. The summed E-state index contributed by atoms with van der Waals surface area (Å²) in [4.78, 5) is 0. The van der Waals surface area contributed by atoms with Crippen LogP contribution in [-0.4, -0.2) is 11.9 Å². The van der Waals surface area contributed by atoms with E-state index in [-0.39, 0.29) is 17.4 Å². The lowest BCUT2D eigenvalue weighted by molar-refractivity contribution is -0.172. The summed E-state index contributed by atoms with van der Waals surface area (Å²) in [5.41, 5.74) is -0.0640. The molecule has 0 aromatic carbocycles. The lowest BCUT2D eigenvalue weighted by Crippen LogP contribution is -2.25. The molecule has 0 aromatic rings. The average Bonchev–Trinajstić information content (AvgIpc) is 1.79. The van der Waals surface area contributed by atoms with Crippen LogP contribution in [-0.2, 0) is 0 Å². The molecule has 0 aliphatic rings. The van der Waals surface area contributed by atoms with E-state index in [1.807, 2.05) is 13.8 Å². The molecule has 0 aliphatic heterocycles. The normalized spacial score (nSPS) is 13.8. The number of halogens is 2. The van der Waals surface area contributed by atoms with E-state index in [4.69, 9.17) is 0 Å². The van der Waals surface area contributed by atoms with Crippen molar-refractivity contribution in [2.24, 2.45) is 10.8 Å². The molecule has 0 bridgehead atoms. The van der Waals surface area contributed by atoms with Crippen molar-refractivity contribution >= 4 is 0 Å². The second-order valence-electron chi connectivity index (χ2n) is 5.69. The smallest absolute Gasteiger partial charge is 0.0671 e. The molecule has 0 aliphatic carbocycles. The van der Waals surface area contributed by atoms with E-state index in [0.29, 0.717) is 0 Å². The van der Waals surface area contributed by atoms with Gasteiger partial charge in [0.15, 0.2) is 0 Å². The summed E-state index contributed by atoms with van der Waals surface area (Å²) in [6.07, 6.45) is 1.81. The molecule has 1 nitrogen and oxygen atoms in total. The van der Waals surface area contributed by atoms with E-state index in [2.05, 4.69) is 20.8 Å². The van der Waals surface area contributed by atoms with Gasteiger partial charge in [-0.25, -0.2) is 0 Å². The summed E-state index contributed by atoms with van der Waals surface area (Å²) in [6, 6.07) is 0. The van der Waals surface area contributed by atoms with Crippen LogP contribution >= 0.6 is 0 Å². The maximum atomic E-state index is 12.0. The van der Waals surface area contributed by atoms with Gasteiger partial charge in [0, 0.05) is 5.34 Å². The van der Waals surface area contributed by atoms with Crippen LogP contribution < -0.4 is 0 Å². The van der Waals surface area contributed by atoms with Crippen LogP contribution in [0.3, 0.4) is 0 Å². The largest absolute Gasteiger partial charge is 0.102 e. The van der Waals surface area contributed by atoms with Crippen LogP contribution in [0.1, 0.15) is 47.5 Å². The molecule has 0 saturated carbocycles. The molecule has 0 heterocycles. The van der Waals surface area contributed by atoms with Gasteiger partial charge in [0.05, 0.1) is 6.54 Å². The zero-order chi connectivity index (χ0) is 10.7. The van der Waals surface area contributed by atoms with Crippen LogP contribution in [0, 0.1) is 10.8 Å². The molecule has 0 aromatic heterocycles. The average molecular weight is 193 g/mol. The topological polar surface area (TPSA) is 3.24 Å². The Labute approximate surface area is 80.0 Å². The van der Waals surface area contributed by atoms with Crippen LogP contribution in [0.25, 0.3) is 0 Å². The molecule has 0 atom stereocenters. The van der Waals surface area contributed by atoms with Crippen molar-refractivity contribution in [3.05, 3.63) is 0 Å². The molecular weight excluding hydrogens is 172 g/mol. The molecule has 0 spiro atoms. The van der Waals surface area contributed by atoms with Crippen LogP contribution in [0.2, 0.25) is 0 Å². The fraction of sp³-hybridized carbons (Fsp3) is 1.00. The van der Waals surface area contributed by atoms with E-state index in [1.54, 1.807) is 0 Å². The van der Waals surface area contributed by atoms with Crippen molar-refractivity contribution in [1.82, 2.24) is 5.34 Å². The quantitative estimate of drug-likeness (QED) is 0.612. The Balaban J connectivity index is 3.89. The molecule has 0 N–H and O–H groups in total. The van der Waals surface area contributed by atoms with E-state index in [1.165, 1.54) is 0 Å². The van der Waals surface area contributed by atoms with Crippen molar-refractivity contribution in [2.75, 3.05) is 6.54 Å². The Kier molecular flexibility index (Phi) is 4.30. The molecule has 0 rings (SSSR count). The second-order valence-corrected chi connectivity index (χ2v) is 5.69. The summed E-state index contributed by atoms with van der Waals surface area (Å²) < 4.78 is 24.0. The maximum Gasteiger partial charge on any atom is 0.0671 e. The van der Waals surface area contributed by atoms with Crippen molar-refractivity contribution in [3.63, 3.8) is 0 Å². The highest BCUT2D eigenvalue weighted by Crippen LogP contribution is 2.31. The van der Waals surface area contributed by atoms with Crippen LogP contribution in [0.4, 0.5) is 8.96 Å². The van der Waals surface area contributed by atoms with E-state index < -0.39 is 5.34 Å². The molecule has 80 valence electrons. The van der Waals surface area contributed by atoms with Gasteiger partial charge in [0.2, 0.25) is 0 Å². The Hall–Kier alpha value is -0.180. The van der Waals surface area contributed by atoms with Gasteiger partial charge in [-0.15, -0.1) is 8.96 Å². The molecule has 0 fully saturated rings. The fourth-order valence-electron chi connectivity index (χ4n) is 1.12.